The fourth-order valence-corrected chi connectivity index (χ4v) is 2.37. The highest BCUT2D eigenvalue weighted by Gasteiger charge is 2.31. The highest BCUT2D eigenvalue weighted by atomic mass is 16.3. The van der Waals surface area contributed by atoms with E-state index in [1.807, 2.05) is 18.5 Å². The van der Waals surface area contributed by atoms with Gasteiger partial charge in [-0.25, -0.2) is 4.79 Å². The van der Waals surface area contributed by atoms with Crippen molar-refractivity contribution in [2.45, 2.75) is 45.7 Å². The summed E-state index contributed by atoms with van der Waals surface area (Å²) in [5.41, 5.74) is 2.17. The molecular formula is C14H24N4O2. The Morgan fingerprint density at radius 3 is 2.85 bits per heavy atom. The van der Waals surface area contributed by atoms with Crippen molar-refractivity contribution in [1.29, 1.82) is 0 Å². The third-order valence-corrected chi connectivity index (χ3v) is 3.52. The minimum absolute atomic E-state index is 0.0235. The van der Waals surface area contributed by atoms with Crippen LogP contribution >= 0.6 is 0 Å². The lowest BCUT2D eigenvalue weighted by Gasteiger charge is -2.21. The van der Waals surface area contributed by atoms with E-state index in [9.17, 15) is 4.79 Å². The minimum Gasteiger partial charge on any atom is -0.395 e. The molecule has 6 heteroatoms. The van der Waals surface area contributed by atoms with Gasteiger partial charge in [-0.15, -0.1) is 0 Å². The molecule has 1 fully saturated rings. The van der Waals surface area contributed by atoms with Crippen molar-refractivity contribution in [3.05, 3.63) is 17.5 Å². The molecule has 20 heavy (non-hydrogen) atoms. The molecule has 1 aromatic heterocycles. The molecule has 1 aliphatic carbocycles. The molecule has 1 heterocycles. The highest BCUT2D eigenvalue weighted by molar-refractivity contribution is 5.74. The number of aliphatic hydroxyl groups is 1. The zero-order valence-corrected chi connectivity index (χ0v) is 12.3. The number of carbonyl (C=O) groups excluding carboxylic acids is 1. The van der Waals surface area contributed by atoms with Crippen molar-refractivity contribution in [1.82, 2.24) is 20.0 Å². The molecule has 2 amide bonds. The van der Waals surface area contributed by atoms with Gasteiger partial charge in [-0.3, -0.25) is 4.68 Å². The number of nitrogens with zero attached hydrogens (tertiary/aromatic N) is 3. The zero-order valence-electron chi connectivity index (χ0n) is 12.3. The normalized spacial score (nSPS) is 14.3. The predicted molar refractivity (Wildman–Crippen MR) is 76.5 cm³/mol. The highest BCUT2D eigenvalue weighted by Crippen LogP contribution is 2.26. The average molecular weight is 280 g/mol. The summed E-state index contributed by atoms with van der Waals surface area (Å²) in [6.07, 6.45) is 2.96. The van der Waals surface area contributed by atoms with E-state index in [1.54, 1.807) is 4.90 Å². The Bertz CT molecular complexity index is 454. The maximum atomic E-state index is 12.0. The van der Waals surface area contributed by atoms with Crippen LogP contribution in [0.15, 0.2) is 6.07 Å². The minimum atomic E-state index is -0.0603. The molecule has 112 valence electrons. The third kappa shape index (κ3) is 3.96. The molecule has 1 aromatic rings. The van der Waals surface area contributed by atoms with E-state index < -0.39 is 0 Å². The van der Waals surface area contributed by atoms with Gasteiger partial charge in [0.25, 0.3) is 0 Å². The maximum absolute atomic E-state index is 12.0. The van der Waals surface area contributed by atoms with Crippen LogP contribution in [0.2, 0.25) is 0 Å². The van der Waals surface area contributed by atoms with Crippen LogP contribution in [0, 0.1) is 13.8 Å². The second-order valence-electron chi connectivity index (χ2n) is 5.38. The summed E-state index contributed by atoms with van der Waals surface area (Å²) in [5, 5.41) is 16.3. The van der Waals surface area contributed by atoms with Gasteiger partial charge < -0.3 is 15.3 Å². The summed E-state index contributed by atoms with van der Waals surface area (Å²) in [5.74, 6) is 0. The Hall–Kier alpha value is -1.56. The monoisotopic (exact) mass is 280 g/mol. The summed E-state index contributed by atoms with van der Waals surface area (Å²) >= 11 is 0. The molecule has 0 saturated heterocycles. The van der Waals surface area contributed by atoms with E-state index in [-0.39, 0.29) is 12.6 Å². The van der Waals surface area contributed by atoms with Gasteiger partial charge in [0.15, 0.2) is 0 Å². The Morgan fingerprint density at radius 1 is 1.55 bits per heavy atom. The first kappa shape index (κ1) is 14.8. The van der Waals surface area contributed by atoms with Crippen LogP contribution in [0.5, 0.6) is 0 Å². The van der Waals surface area contributed by atoms with Gasteiger partial charge in [0.2, 0.25) is 0 Å². The summed E-state index contributed by atoms with van der Waals surface area (Å²) in [7, 11) is 0. The Kier molecular flexibility index (Phi) is 5.00. The van der Waals surface area contributed by atoms with E-state index in [4.69, 9.17) is 5.11 Å². The number of urea groups is 1. The fraction of sp³-hybridized carbons (Fsp3) is 0.714. The molecule has 6 nitrogen and oxygen atoms in total. The zero-order chi connectivity index (χ0) is 14.5. The van der Waals surface area contributed by atoms with Gasteiger partial charge >= 0.3 is 6.03 Å². The first-order valence-electron chi connectivity index (χ1n) is 7.28. The maximum Gasteiger partial charge on any atom is 0.317 e. The number of nitrogens with one attached hydrogen (secondary N) is 1. The number of carbonyl (C=O) groups is 1. The number of amides is 2. The molecule has 0 unspecified atom stereocenters. The van der Waals surface area contributed by atoms with Crippen molar-refractivity contribution < 1.29 is 9.90 Å². The fourth-order valence-electron chi connectivity index (χ4n) is 2.37. The van der Waals surface area contributed by atoms with Crippen molar-refractivity contribution in [2.24, 2.45) is 0 Å². The second kappa shape index (κ2) is 6.74. The van der Waals surface area contributed by atoms with Gasteiger partial charge in [-0.05, 0) is 39.2 Å². The smallest absolute Gasteiger partial charge is 0.317 e. The molecule has 0 spiro atoms. The summed E-state index contributed by atoms with van der Waals surface area (Å²) in [6.45, 7) is 5.90. The van der Waals surface area contributed by atoms with E-state index in [0.29, 0.717) is 19.1 Å². The molecule has 1 saturated carbocycles. The second-order valence-corrected chi connectivity index (χ2v) is 5.38. The van der Waals surface area contributed by atoms with Crippen LogP contribution in [-0.2, 0) is 6.54 Å². The van der Waals surface area contributed by atoms with Gasteiger partial charge in [-0.2, -0.15) is 5.10 Å². The number of rotatable bonds is 7. The summed E-state index contributed by atoms with van der Waals surface area (Å²) in [6, 6.07) is 2.32. The van der Waals surface area contributed by atoms with Crippen LogP contribution < -0.4 is 5.32 Å². The first-order chi connectivity index (χ1) is 9.61. The quantitative estimate of drug-likeness (QED) is 0.734. The molecule has 0 atom stereocenters. The first-order valence-corrected chi connectivity index (χ1v) is 7.28. The largest absolute Gasteiger partial charge is 0.395 e. The number of hydrogen-bond acceptors (Lipinski definition) is 3. The van der Waals surface area contributed by atoms with Crippen LogP contribution in [0.25, 0.3) is 0 Å². The number of hydrogen-bond donors (Lipinski definition) is 2. The lowest BCUT2D eigenvalue weighted by molar-refractivity contribution is 0.173. The molecule has 0 bridgehead atoms. The van der Waals surface area contributed by atoms with Crippen LogP contribution in [-0.4, -0.2) is 51.6 Å². The van der Waals surface area contributed by atoms with Crippen LogP contribution in [0.1, 0.15) is 30.7 Å². The van der Waals surface area contributed by atoms with Crippen molar-refractivity contribution in [3.8, 4) is 0 Å². The molecule has 0 aromatic carbocycles. The van der Waals surface area contributed by atoms with Gasteiger partial charge in [0.05, 0.1) is 12.3 Å². The number of aryl methyl sites for hydroxylation is 3. The SMILES string of the molecule is Cc1cc(C)n(CCCNC(=O)N(CCO)C2CC2)n1. The molecular weight excluding hydrogens is 256 g/mol. The molecule has 0 radical (unpaired) electrons. The summed E-state index contributed by atoms with van der Waals surface area (Å²) < 4.78 is 1.97. The van der Waals surface area contributed by atoms with Gasteiger partial charge in [0.1, 0.15) is 0 Å². The van der Waals surface area contributed by atoms with Gasteiger partial charge in [0, 0.05) is 31.4 Å². The van der Waals surface area contributed by atoms with Crippen molar-refractivity contribution in [2.75, 3.05) is 19.7 Å². The van der Waals surface area contributed by atoms with E-state index in [2.05, 4.69) is 16.5 Å². The standard InChI is InChI=1S/C14H24N4O2/c1-11-10-12(2)18(16-11)7-3-6-15-14(20)17(8-9-19)13-4-5-13/h10,13,19H,3-9H2,1-2H3,(H,15,20). The van der Waals surface area contributed by atoms with Crippen molar-refractivity contribution in [3.63, 3.8) is 0 Å². The number of aliphatic hydroxyl groups excluding tert-OH is 1. The summed E-state index contributed by atoms with van der Waals surface area (Å²) in [4.78, 5) is 13.7. The molecule has 2 rings (SSSR count). The molecule has 0 aliphatic heterocycles. The van der Waals surface area contributed by atoms with E-state index >= 15 is 0 Å². The van der Waals surface area contributed by atoms with Crippen LogP contribution in [0.4, 0.5) is 4.79 Å². The van der Waals surface area contributed by atoms with Gasteiger partial charge in [-0.1, -0.05) is 0 Å². The lowest BCUT2D eigenvalue weighted by Crippen LogP contribution is -2.43. The molecule has 2 N–H and O–H groups in total. The van der Waals surface area contributed by atoms with E-state index in [1.165, 1.54) is 0 Å². The average Bonchev–Trinajstić information content (AvgIpc) is 3.18. The topological polar surface area (TPSA) is 70.4 Å². The molecule has 1 aliphatic rings. The lowest BCUT2D eigenvalue weighted by atomic mass is 10.4. The van der Waals surface area contributed by atoms with Crippen molar-refractivity contribution >= 4 is 6.03 Å². The van der Waals surface area contributed by atoms with E-state index in [0.717, 1.165) is 37.2 Å². The van der Waals surface area contributed by atoms with Crippen LogP contribution in [0.3, 0.4) is 0 Å². The Balaban J connectivity index is 1.69. The third-order valence-electron chi connectivity index (χ3n) is 3.52. The number of aromatic nitrogens is 2. The Labute approximate surface area is 119 Å². The Morgan fingerprint density at radius 2 is 2.30 bits per heavy atom. The predicted octanol–water partition coefficient (Wildman–Crippen LogP) is 1.06.